The SMILES string of the molecule is Cc1ccc(C(=O)c2ccccc2C(=O)OCC(=O)N(C)Cc2ccccc2F)cc1. The first-order valence-electron chi connectivity index (χ1n) is 9.71. The minimum Gasteiger partial charge on any atom is -0.452 e. The van der Waals surface area contributed by atoms with Crippen LogP contribution in [0.4, 0.5) is 4.39 Å². The molecule has 0 fully saturated rings. The molecule has 0 spiro atoms. The lowest BCUT2D eigenvalue weighted by Gasteiger charge is -2.18. The fraction of sp³-hybridized carbons (Fsp3) is 0.160. The normalized spacial score (nSPS) is 10.4. The number of amides is 1. The molecule has 0 aliphatic heterocycles. The predicted octanol–water partition coefficient (Wildman–Crippen LogP) is 4.18. The quantitative estimate of drug-likeness (QED) is 0.426. The molecular weight excluding hydrogens is 397 g/mol. The molecule has 0 aromatic heterocycles. The van der Waals surface area contributed by atoms with Crippen molar-refractivity contribution in [2.45, 2.75) is 13.5 Å². The van der Waals surface area contributed by atoms with Gasteiger partial charge in [0.05, 0.1) is 5.56 Å². The van der Waals surface area contributed by atoms with Crippen LogP contribution in [0.1, 0.15) is 37.4 Å². The summed E-state index contributed by atoms with van der Waals surface area (Å²) in [6, 6.07) is 19.5. The number of rotatable bonds is 7. The van der Waals surface area contributed by atoms with E-state index in [2.05, 4.69) is 0 Å². The maximum atomic E-state index is 13.8. The van der Waals surface area contributed by atoms with Crippen LogP contribution in [-0.4, -0.2) is 36.2 Å². The van der Waals surface area contributed by atoms with Crippen LogP contribution in [0.5, 0.6) is 0 Å². The molecule has 0 atom stereocenters. The van der Waals surface area contributed by atoms with E-state index < -0.39 is 24.3 Å². The van der Waals surface area contributed by atoms with Gasteiger partial charge in [0.2, 0.25) is 0 Å². The van der Waals surface area contributed by atoms with Crippen LogP contribution < -0.4 is 0 Å². The van der Waals surface area contributed by atoms with Gasteiger partial charge in [-0.2, -0.15) is 0 Å². The van der Waals surface area contributed by atoms with Gasteiger partial charge in [-0.15, -0.1) is 0 Å². The fourth-order valence-corrected chi connectivity index (χ4v) is 3.01. The number of aryl methyl sites for hydroxylation is 1. The average Bonchev–Trinajstić information content (AvgIpc) is 2.78. The number of ether oxygens (including phenoxy) is 1. The molecule has 0 radical (unpaired) electrons. The smallest absolute Gasteiger partial charge is 0.339 e. The summed E-state index contributed by atoms with van der Waals surface area (Å²) in [5, 5.41) is 0. The summed E-state index contributed by atoms with van der Waals surface area (Å²) in [6.07, 6.45) is 0. The summed E-state index contributed by atoms with van der Waals surface area (Å²) >= 11 is 0. The first-order valence-corrected chi connectivity index (χ1v) is 9.71. The van der Waals surface area contributed by atoms with Crippen molar-refractivity contribution in [1.82, 2.24) is 4.90 Å². The van der Waals surface area contributed by atoms with Gasteiger partial charge in [-0.1, -0.05) is 66.2 Å². The van der Waals surface area contributed by atoms with Gasteiger partial charge in [-0.3, -0.25) is 9.59 Å². The number of esters is 1. The van der Waals surface area contributed by atoms with Crippen molar-refractivity contribution < 1.29 is 23.5 Å². The average molecular weight is 419 g/mol. The molecule has 0 aliphatic rings. The van der Waals surface area contributed by atoms with Crippen LogP contribution in [0.15, 0.2) is 72.8 Å². The fourth-order valence-electron chi connectivity index (χ4n) is 3.01. The Labute approximate surface area is 180 Å². The second kappa shape index (κ2) is 9.80. The van der Waals surface area contributed by atoms with E-state index in [0.717, 1.165) is 5.56 Å². The predicted molar refractivity (Wildman–Crippen MR) is 114 cm³/mol. The lowest BCUT2D eigenvalue weighted by atomic mass is 9.98. The highest BCUT2D eigenvalue weighted by Gasteiger charge is 2.21. The number of halogens is 1. The molecule has 5 nitrogen and oxygen atoms in total. The van der Waals surface area contributed by atoms with E-state index in [-0.39, 0.29) is 23.5 Å². The Balaban J connectivity index is 1.67. The standard InChI is InChI=1S/C25H22FNO4/c1-17-11-13-18(14-12-17)24(29)20-8-4-5-9-21(20)25(30)31-16-23(28)27(2)15-19-7-3-6-10-22(19)26/h3-14H,15-16H2,1-2H3. The van der Waals surface area contributed by atoms with E-state index in [0.29, 0.717) is 11.1 Å². The van der Waals surface area contributed by atoms with E-state index in [1.165, 1.54) is 24.1 Å². The summed E-state index contributed by atoms with van der Waals surface area (Å²) in [5.41, 5.74) is 2.11. The molecule has 0 heterocycles. The van der Waals surface area contributed by atoms with E-state index in [1.807, 2.05) is 19.1 Å². The summed E-state index contributed by atoms with van der Waals surface area (Å²) in [4.78, 5) is 39.0. The van der Waals surface area contributed by atoms with Gasteiger partial charge in [0.1, 0.15) is 5.82 Å². The van der Waals surface area contributed by atoms with E-state index in [1.54, 1.807) is 48.5 Å². The van der Waals surface area contributed by atoms with Crippen molar-refractivity contribution in [3.63, 3.8) is 0 Å². The molecule has 158 valence electrons. The second-order valence-electron chi connectivity index (χ2n) is 7.16. The van der Waals surface area contributed by atoms with Crippen LogP contribution in [0, 0.1) is 12.7 Å². The lowest BCUT2D eigenvalue weighted by Crippen LogP contribution is -2.31. The van der Waals surface area contributed by atoms with Crippen molar-refractivity contribution in [1.29, 1.82) is 0 Å². The number of benzene rings is 3. The molecule has 0 aliphatic carbocycles. The molecular formula is C25H22FNO4. The lowest BCUT2D eigenvalue weighted by molar-refractivity contribution is -0.133. The third kappa shape index (κ3) is 5.42. The minimum atomic E-state index is -0.774. The molecule has 0 saturated carbocycles. The number of ketones is 1. The van der Waals surface area contributed by atoms with Crippen LogP contribution in [0.3, 0.4) is 0 Å². The molecule has 0 unspecified atom stereocenters. The van der Waals surface area contributed by atoms with Crippen molar-refractivity contribution in [2.75, 3.05) is 13.7 Å². The molecule has 3 aromatic carbocycles. The molecule has 3 rings (SSSR count). The van der Waals surface area contributed by atoms with Crippen LogP contribution in [0.25, 0.3) is 0 Å². The zero-order chi connectivity index (χ0) is 22.4. The maximum Gasteiger partial charge on any atom is 0.339 e. The first kappa shape index (κ1) is 21.9. The Hall–Kier alpha value is -3.80. The van der Waals surface area contributed by atoms with Crippen LogP contribution >= 0.6 is 0 Å². The first-order chi connectivity index (χ1) is 14.9. The van der Waals surface area contributed by atoms with E-state index in [4.69, 9.17) is 4.74 Å². The van der Waals surface area contributed by atoms with Gasteiger partial charge < -0.3 is 9.64 Å². The van der Waals surface area contributed by atoms with Crippen molar-refractivity contribution in [2.24, 2.45) is 0 Å². The molecule has 6 heteroatoms. The molecule has 0 bridgehead atoms. The Morgan fingerprint density at radius 2 is 1.48 bits per heavy atom. The molecule has 0 saturated heterocycles. The molecule has 0 N–H and O–H groups in total. The van der Waals surface area contributed by atoms with Gasteiger partial charge in [-0.25, -0.2) is 9.18 Å². The Morgan fingerprint density at radius 3 is 2.16 bits per heavy atom. The van der Waals surface area contributed by atoms with Crippen molar-refractivity contribution in [3.8, 4) is 0 Å². The third-order valence-electron chi connectivity index (χ3n) is 4.82. The second-order valence-corrected chi connectivity index (χ2v) is 7.16. The van der Waals surface area contributed by atoms with Gasteiger partial charge in [0.15, 0.2) is 12.4 Å². The zero-order valence-corrected chi connectivity index (χ0v) is 17.3. The highest BCUT2D eigenvalue weighted by atomic mass is 19.1. The summed E-state index contributed by atoms with van der Waals surface area (Å²) in [5.74, 6) is -1.99. The number of hydrogen-bond donors (Lipinski definition) is 0. The Kier molecular flexibility index (Phi) is 6.92. The molecule has 3 aromatic rings. The monoisotopic (exact) mass is 419 g/mol. The van der Waals surface area contributed by atoms with Crippen LogP contribution in [-0.2, 0) is 16.1 Å². The Bertz CT molecular complexity index is 1110. The van der Waals surface area contributed by atoms with Gasteiger partial charge >= 0.3 is 5.97 Å². The third-order valence-corrected chi connectivity index (χ3v) is 4.82. The summed E-state index contributed by atoms with van der Waals surface area (Å²) in [7, 11) is 1.50. The van der Waals surface area contributed by atoms with Crippen LogP contribution in [0.2, 0.25) is 0 Å². The van der Waals surface area contributed by atoms with Gasteiger partial charge in [0.25, 0.3) is 5.91 Å². The Morgan fingerprint density at radius 1 is 0.871 bits per heavy atom. The van der Waals surface area contributed by atoms with Crippen molar-refractivity contribution in [3.05, 3.63) is 106 Å². The highest BCUT2D eigenvalue weighted by Crippen LogP contribution is 2.17. The van der Waals surface area contributed by atoms with Gasteiger partial charge in [-0.05, 0) is 19.1 Å². The topological polar surface area (TPSA) is 63.7 Å². The van der Waals surface area contributed by atoms with Crippen molar-refractivity contribution >= 4 is 17.7 Å². The number of hydrogen-bond acceptors (Lipinski definition) is 4. The number of carbonyl (C=O) groups is 3. The number of carbonyl (C=O) groups excluding carboxylic acids is 3. The van der Waals surface area contributed by atoms with E-state index >= 15 is 0 Å². The van der Waals surface area contributed by atoms with Gasteiger partial charge in [0, 0.05) is 30.3 Å². The zero-order valence-electron chi connectivity index (χ0n) is 17.3. The minimum absolute atomic E-state index is 0.0472. The summed E-state index contributed by atoms with van der Waals surface area (Å²) < 4.78 is 18.9. The highest BCUT2D eigenvalue weighted by molar-refractivity contribution is 6.14. The number of nitrogens with zero attached hydrogens (tertiary/aromatic N) is 1. The largest absolute Gasteiger partial charge is 0.452 e. The summed E-state index contributed by atoms with van der Waals surface area (Å²) in [6.45, 7) is 1.45. The maximum absolute atomic E-state index is 13.8. The van der Waals surface area contributed by atoms with E-state index in [9.17, 15) is 18.8 Å². The number of likely N-dealkylation sites (N-methyl/N-ethyl adjacent to an activating group) is 1. The molecule has 1 amide bonds. The molecule has 31 heavy (non-hydrogen) atoms.